The van der Waals surface area contributed by atoms with E-state index in [-0.39, 0.29) is 23.1 Å². The van der Waals surface area contributed by atoms with Crippen molar-refractivity contribution in [1.82, 2.24) is 5.32 Å². The number of hydrogen-bond acceptors (Lipinski definition) is 6. The van der Waals surface area contributed by atoms with Crippen molar-refractivity contribution in [3.05, 3.63) is 41.6 Å². The van der Waals surface area contributed by atoms with Crippen LogP contribution in [0.15, 0.2) is 46.0 Å². The molecule has 0 aromatic heterocycles. The molecule has 142 valence electrons. The number of nitrogens with zero attached hydrogens (tertiary/aromatic N) is 2. The maximum Gasteiger partial charge on any atom is 0.241 e. The van der Waals surface area contributed by atoms with E-state index in [0.29, 0.717) is 17.9 Å². The van der Waals surface area contributed by atoms with E-state index in [0.717, 1.165) is 24.1 Å². The summed E-state index contributed by atoms with van der Waals surface area (Å²) in [5.41, 5.74) is 7.59. The number of amidine groups is 1. The molecule has 1 unspecified atom stereocenters. The lowest BCUT2D eigenvalue weighted by atomic mass is 9.80. The van der Waals surface area contributed by atoms with Crippen molar-refractivity contribution in [3.8, 4) is 0 Å². The average molecular weight is 367 g/mol. The highest BCUT2D eigenvalue weighted by Crippen LogP contribution is 2.28. The van der Waals surface area contributed by atoms with Crippen molar-refractivity contribution < 1.29 is 9.59 Å². The van der Waals surface area contributed by atoms with Gasteiger partial charge in [-0.2, -0.15) is 4.99 Å². The Bertz CT molecular complexity index is 850. The van der Waals surface area contributed by atoms with Crippen LogP contribution in [0.1, 0.15) is 44.0 Å². The van der Waals surface area contributed by atoms with E-state index in [1.807, 2.05) is 38.1 Å². The van der Waals surface area contributed by atoms with Crippen LogP contribution in [-0.4, -0.2) is 30.0 Å². The van der Waals surface area contributed by atoms with Gasteiger partial charge in [0.2, 0.25) is 11.9 Å². The fourth-order valence-electron chi connectivity index (χ4n) is 3.41. The van der Waals surface area contributed by atoms with E-state index in [1.165, 1.54) is 0 Å². The number of ketones is 1. The molecule has 2 aliphatic heterocycles. The van der Waals surface area contributed by atoms with Crippen LogP contribution >= 0.6 is 0 Å². The topological polar surface area (TPSA) is 109 Å². The molecule has 1 atom stereocenters. The molecule has 7 heteroatoms. The summed E-state index contributed by atoms with van der Waals surface area (Å²) in [6.07, 6.45) is 3.49. The summed E-state index contributed by atoms with van der Waals surface area (Å²) in [6.45, 7) is 6.51. The highest BCUT2D eigenvalue weighted by molar-refractivity contribution is 6.19. The molecule has 2 aliphatic rings. The van der Waals surface area contributed by atoms with Crippen LogP contribution in [0, 0.1) is 11.3 Å². The summed E-state index contributed by atoms with van der Waals surface area (Å²) >= 11 is 0. The normalized spacial score (nSPS) is 18.9. The van der Waals surface area contributed by atoms with Crippen LogP contribution in [0.3, 0.4) is 0 Å². The molecule has 4 N–H and O–H groups in total. The van der Waals surface area contributed by atoms with Gasteiger partial charge < -0.3 is 11.1 Å². The quantitative estimate of drug-likeness (QED) is 0.643. The molecule has 0 fully saturated rings. The van der Waals surface area contributed by atoms with Crippen molar-refractivity contribution in [2.75, 3.05) is 11.9 Å². The second-order valence-electron chi connectivity index (χ2n) is 7.50. The Labute approximate surface area is 158 Å². The number of carbonyl (C=O) groups excluding carboxylic acids is 2. The maximum atomic E-state index is 12.6. The van der Waals surface area contributed by atoms with Gasteiger partial charge in [-0.05, 0) is 36.3 Å². The minimum atomic E-state index is -0.500. The van der Waals surface area contributed by atoms with Gasteiger partial charge in [0.15, 0.2) is 5.78 Å². The summed E-state index contributed by atoms with van der Waals surface area (Å²) in [7, 11) is 0. The molecule has 1 aromatic carbocycles. The van der Waals surface area contributed by atoms with Gasteiger partial charge in [0.1, 0.15) is 11.8 Å². The van der Waals surface area contributed by atoms with Crippen LogP contribution < -0.4 is 16.4 Å². The second kappa shape index (κ2) is 7.34. The zero-order chi connectivity index (χ0) is 19.6. The zero-order valence-electron chi connectivity index (χ0n) is 15.9. The third-order valence-electron chi connectivity index (χ3n) is 4.87. The number of nitrogens with two attached hydrogens (primary N) is 1. The summed E-state index contributed by atoms with van der Waals surface area (Å²) in [6, 6.07) is 7.43. The van der Waals surface area contributed by atoms with Gasteiger partial charge >= 0.3 is 0 Å². The van der Waals surface area contributed by atoms with Crippen molar-refractivity contribution in [2.24, 2.45) is 27.1 Å². The molecule has 7 nitrogen and oxygen atoms in total. The van der Waals surface area contributed by atoms with Gasteiger partial charge in [0, 0.05) is 29.4 Å². The van der Waals surface area contributed by atoms with E-state index in [4.69, 9.17) is 5.73 Å². The van der Waals surface area contributed by atoms with Gasteiger partial charge in [-0.15, -0.1) is 0 Å². The van der Waals surface area contributed by atoms with Crippen molar-refractivity contribution >= 4 is 29.2 Å². The van der Waals surface area contributed by atoms with E-state index < -0.39 is 5.92 Å². The number of carbonyl (C=O) groups is 2. The molecule has 2 heterocycles. The molecule has 0 saturated carbocycles. The summed E-state index contributed by atoms with van der Waals surface area (Å²) in [5.74, 6) is -0.0656. The lowest BCUT2D eigenvalue weighted by Crippen LogP contribution is -2.47. The predicted octanol–water partition coefficient (Wildman–Crippen LogP) is 2.46. The Morgan fingerprint density at radius 1 is 1.30 bits per heavy atom. The number of anilines is 1. The van der Waals surface area contributed by atoms with Crippen LogP contribution in [0.25, 0.3) is 0 Å². The first-order valence-corrected chi connectivity index (χ1v) is 9.12. The van der Waals surface area contributed by atoms with Crippen LogP contribution in [0.2, 0.25) is 0 Å². The van der Waals surface area contributed by atoms with Crippen LogP contribution in [0.5, 0.6) is 0 Å². The Kier molecular flexibility index (Phi) is 5.12. The highest BCUT2D eigenvalue weighted by atomic mass is 16.2. The zero-order valence-corrected chi connectivity index (χ0v) is 15.9. The van der Waals surface area contributed by atoms with E-state index in [9.17, 15) is 9.59 Å². The molecule has 1 amide bonds. The van der Waals surface area contributed by atoms with Gasteiger partial charge in [0.25, 0.3) is 0 Å². The summed E-state index contributed by atoms with van der Waals surface area (Å²) in [4.78, 5) is 33.0. The van der Waals surface area contributed by atoms with Gasteiger partial charge in [-0.25, -0.2) is 4.99 Å². The minimum absolute atomic E-state index is 0.0730. The van der Waals surface area contributed by atoms with Crippen molar-refractivity contribution in [1.29, 1.82) is 0 Å². The van der Waals surface area contributed by atoms with Crippen molar-refractivity contribution in [3.63, 3.8) is 0 Å². The lowest BCUT2D eigenvalue weighted by Gasteiger charge is -2.22. The largest absolute Gasteiger partial charge is 0.381 e. The number of Topliss-reactive ketones (excluding diaryl/α,β-unsaturated/α-hetero) is 1. The number of nitrogens with one attached hydrogen (secondary N) is 2. The highest BCUT2D eigenvalue weighted by Gasteiger charge is 2.35. The first kappa shape index (κ1) is 18.8. The lowest BCUT2D eigenvalue weighted by molar-refractivity contribution is -0.120. The molecular formula is C20H25N5O2. The Morgan fingerprint density at radius 3 is 2.67 bits per heavy atom. The van der Waals surface area contributed by atoms with Crippen LogP contribution in [-0.2, 0) is 4.79 Å². The first-order chi connectivity index (χ1) is 12.8. The SMILES string of the molecule is CCCC(C)(C)C(=O)c1ccc(NCC2=CN=C3N=C(N)NC(=O)C23)cc1. The number of guanidine groups is 1. The molecular weight excluding hydrogens is 342 g/mol. The number of hydrogen-bond donors (Lipinski definition) is 3. The third kappa shape index (κ3) is 3.92. The molecule has 0 spiro atoms. The predicted molar refractivity (Wildman–Crippen MR) is 107 cm³/mol. The number of rotatable bonds is 7. The number of fused-ring (bicyclic) bond motifs is 1. The standard InChI is InChI=1S/C20H25N5O2/c1-4-9-20(2,3)16(26)12-5-7-14(8-6-12)22-10-13-11-23-17-15(13)18(27)25-19(21)24-17/h5-8,11,15,22H,4,9-10H2,1-3H3,(H3,21,23,24,25,27). The molecule has 3 rings (SSSR count). The van der Waals surface area contributed by atoms with E-state index in [1.54, 1.807) is 6.20 Å². The molecule has 0 saturated heterocycles. The van der Waals surface area contributed by atoms with Gasteiger partial charge in [-0.1, -0.05) is 27.2 Å². The van der Waals surface area contributed by atoms with Gasteiger partial charge in [-0.3, -0.25) is 14.9 Å². The van der Waals surface area contributed by atoms with Gasteiger partial charge in [0.05, 0.1) is 0 Å². The fraction of sp³-hybridized carbons (Fsp3) is 0.400. The molecule has 0 bridgehead atoms. The number of aliphatic imine (C=N–C) groups is 2. The molecule has 0 radical (unpaired) electrons. The Hall–Kier alpha value is -2.96. The van der Waals surface area contributed by atoms with E-state index in [2.05, 4.69) is 27.5 Å². The second-order valence-corrected chi connectivity index (χ2v) is 7.50. The molecule has 27 heavy (non-hydrogen) atoms. The Balaban J connectivity index is 1.62. The molecule has 0 aliphatic carbocycles. The van der Waals surface area contributed by atoms with Crippen LogP contribution in [0.4, 0.5) is 5.69 Å². The minimum Gasteiger partial charge on any atom is -0.381 e. The number of amides is 1. The first-order valence-electron chi connectivity index (χ1n) is 9.12. The number of benzene rings is 1. The molecule has 1 aromatic rings. The smallest absolute Gasteiger partial charge is 0.241 e. The van der Waals surface area contributed by atoms with E-state index >= 15 is 0 Å². The maximum absolute atomic E-state index is 12.6. The fourth-order valence-corrected chi connectivity index (χ4v) is 3.41. The third-order valence-corrected chi connectivity index (χ3v) is 4.87. The summed E-state index contributed by atoms with van der Waals surface area (Å²) < 4.78 is 0. The summed E-state index contributed by atoms with van der Waals surface area (Å²) in [5, 5.41) is 5.79. The Morgan fingerprint density at radius 2 is 2.00 bits per heavy atom. The average Bonchev–Trinajstić information content (AvgIpc) is 3.03. The monoisotopic (exact) mass is 367 g/mol. The van der Waals surface area contributed by atoms with Crippen molar-refractivity contribution in [2.45, 2.75) is 33.6 Å².